The molecule has 0 amide bonds. The molecule has 31 heavy (non-hydrogen) atoms. The Bertz CT molecular complexity index is 1260. The zero-order chi connectivity index (χ0) is 21.4. The predicted octanol–water partition coefficient (Wildman–Crippen LogP) is 3.99. The van der Waals surface area contributed by atoms with Gasteiger partial charge in [0, 0.05) is 18.0 Å². The van der Waals surface area contributed by atoms with E-state index in [1.54, 1.807) is 6.07 Å². The van der Waals surface area contributed by atoms with Gasteiger partial charge in [-0.2, -0.15) is 4.31 Å². The summed E-state index contributed by atoms with van der Waals surface area (Å²) in [5.74, 6) is 0. The lowest BCUT2D eigenvalue weighted by Gasteiger charge is -2.24. The molecule has 1 aliphatic heterocycles. The van der Waals surface area contributed by atoms with Crippen LogP contribution < -0.4 is 5.73 Å². The smallest absolute Gasteiger partial charge is 0.243 e. The lowest BCUT2D eigenvalue weighted by Crippen LogP contribution is -2.30. The minimum atomic E-state index is -3.85. The molecule has 1 aromatic heterocycles. The topological polar surface area (TPSA) is 97.5 Å². The summed E-state index contributed by atoms with van der Waals surface area (Å²) in [6.07, 6.45) is 1.49. The molecular formula is C21H23ClN2O4S3. The highest BCUT2D eigenvalue weighted by Crippen LogP contribution is 2.37. The molecule has 0 bridgehead atoms. The standard InChI is InChI=1S/C21H22N2O4S3.ClH/c22-15-17-11-12-21(28-17)29(24,25)18-8-4-9-19(14-18)30(26,27)23-13-5-10-20(23)16-6-2-1-3-7-16;/h1-4,6-9,11-12,14,20H,5,10,13,15,22H2;1H. The maximum absolute atomic E-state index is 13.4. The van der Waals surface area contributed by atoms with E-state index in [4.69, 9.17) is 5.73 Å². The van der Waals surface area contributed by atoms with Crippen LogP contribution in [-0.2, 0) is 26.4 Å². The molecule has 2 aromatic carbocycles. The Balaban J connectivity index is 0.00000272. The molecule has 0 aliphatic carbocycles. The second kappa shape index (κ2) is 9.40. The predicted molar refractivity (Wildman–Crippen MR) is 124 cm³/mol. The molecule has 1 fully saturated rings. The number of nitrogens with two attached hydrogens (primary N) is 1. The lowest BCUT2D eigenvalue weighted by molar-refractivity contribution is 0.396. The first kappa shape index (κ1) is 23.9. The van der Waals surface area contributed by atoms with E-state index in [-0.39, 0.29) is 39.0 Å². The van der Waals surface area contributed by atoms with E-state index in [0.29, 0.717) is 6.54 Å². The fourth-order valence-corrected chi connectivity index (χ4v) is 8.19. The highest BCUT2D eigenvalue weighted by molar-refractivity contribution is 7.93. The molecule has 1 aliphatic rings. The van der Waals surface area contributed by atoms with E-state index < -0.39 is 19.9 Å². The number of thiophene rings is 1. The molecule has 1 saturated heterocycles. The number of hydrogen-bond acceptors (Lipinski definition) is 6. The highest BCUT2D eigenvalue weighted by atomic mass is 35.5. The van der Waals surface area contributed by atoms with Crippen molar-refractivity contribution in [2.75, 3.05) is 6.54 Å². The molecule has 10 heteroatoms. The van der Waals surface area contributed by atoms with Gasteiger partial charge < -0.3 is 5.73 Å². The van der Waals surface area contributed by atoms with Crippen LogP contribution in [0.2, 0.25) is 0 Å². The minimum Gasteiger partial charge on any atom is -0.326 e. The van der Waals surface area contributed by atoms with Gasteiger partial charge in [-0.05, 0) is 48.7 Å². The van der Waals surface area contributed by atoms with E-state index in [1.165, 1.54) is 34.6 Å². The normalized spacial score (nSPS) is 17.4. The fraction of sp³-hybridized carbons (Fsp3) is 0.238. The van der Waals surface area contributed by atoms with Crippen molar-refractivity contribution < 1.29 is 16.8 Å². The van der Waals surface area contributed by atoms with Gasteiger partial charge in [-0.3, -0.25) is 0 Å². The number of rotatable bonds is 6. The van der Waals surface area contributed by atoms with E-state index in [1.807, 2.05) is 30.3 Å². The summed E-state index contributed by atoms with van der Waals surface area (Å²) < 4.78 is 54.5. The monoisotopic (exact) mass is 498 g/mol. The van der Waals surface area contributed by atoms with Crippen molar-refractivity contribution in [3.8, 4) is 0 Å². The van der Waals surface area contributed by atoms with Crippen LogP contribution in [0.1, 0.15) is 29.3 Å². The summed E-state index contributed by atoms with van der Waals surface area (Å²) in [6.45, 7) is 0.661. The van der Waals surface area contributed by atoms with Crippen molar-refractivity contribution >= 4 is 43.6 Å². The van der Waals surface area contributed by atoms with Gasteiger partial charge in [0.1, 0.15) is 4.21 Å². The number of nitrogens with zero attached hydrogens (tertiary/aromatic N) is 1. The number of sulfone groups is 1. The van der Waals surface area contributed by atoms with Gasteiger partial charge in [-0.15, -0.1) is 23.7 Å². The van der Waals surface area contributed by atoms with Gasteiger partial charge in [0.25, 0.3) is 0 Å². The van der Waals surface area contributed by atoms with Crippen molar-refractivity contribution in [1.82, 2.24) is 4.31 Å². The first-order valence-corrected chi connectivity index (χ1v) is 13.3. The van der Waals surface area contributed by atoms with Crippen LogP contribution >= 0.6 is 23.7 Å². The molecule has 2 N–H and O–H groups in total. The second-order valence-corrected chi connectivity index (χ2v) is 12.3. The molecule has 0 saturated carbocycles. The van der Waals surface area contributed by atoms with Crippen molar-refractivity contribution in [1.29, 1.82) is 0 Å². The number of halogens is 1. The molecule has 2 heterocycles. The molecule has 6 nitrogen and oxygen atoms in total. The van der Waals surface area contributed by atoms with Crippen molar-refractivity contribution in [3.63, 3.8) is 0 Å². The average molecular weight is 499 g/mol. The first-order valence-electron chi connectivity index (χ1n) is 9.55. The van der Waals surface area contributed by atoms with Gasteiger partial charge in [0.05, 0.1) is 15.8 Å². The summed E-state index contributed by atoms with van der Waals surface area (Å²) >= 11 is 1.10. The summed E-state index contributed by atoms with van der Waals surface area (Å²) in [5.41, 5.74) is 6.53. The summed E-state index contributed by atoms with van der Waals surface area (Å²) in [6, 6.07) is 18.1. The third-order valence-corrected chi connectivity index (χ3v) is 10.5. The lowest BCUT2D eigenvalue weighted by atomic mass is 10.1. The molecule has 1 atom stereocenters. The fourth-order valence-electron chi connectivity index (χ4n) is 3.70. The van der Waals surface area contributed by atoms with Crippen LogP contribution in [0.25, 0.3) is 0 Å². The SMILES string of the molecule is Cl.NCc1ccc(S(=O)(=O)c2cccc(S(=O)(=O)N3CCCC3c3ccccc3)c2)s1. The number of hydrogen-bond donors (Lipinski definition) is 1. The molecular weight excluding hydrogens is 476 g/mol. The van der Waals surface area contributed by atoms with Crippen LogP contribution in [0.4, 0.5) is 0 Å². The molecule has 4 rings (SSSR count). The van der Waals surface area contributed by atoms with Crippen LogP contribution in [0.5, 0.6) is 0 Å². The van der Waals surface area contributed by atoms with Crippen LogP contribution in [-0.4, -0.2) is 27.7 Å². The van der Waals surface area contributed by atoms with Gasteiger partial charge in [-0.25, -0.2) is 16.8 Å². The third kappa shape index (κ3) is 4.57. The zero-order valence-electron chi connectivity index (χ0n) is 16.5. The van der Waals surface area contributed by atoms with E-state index in [2.05, 4.69) is 0 Å². The Labute approximate surface area is 193 Å². The summed E-state index contributed by atoms with van der Waals surface area (Å²) in [7, 11) is -7.67. The zero-order valence-corrected chi connectivity index (χ0v) is 19.8. The molecule has 166 valence electrons. The number of sulfonamides is 1. The first-order chi connectivity index (χ1) is 14.3. The van der Waals surface area contributed by atoms with E-state index in [9.17, 15) is 16.8 Å². The maximum Gasteiger partial charge on any atom is 0.243 e. The molecule has 1 unspecified atom stereocenters. The van der Waals surface area contributed by atoms with Crippen LogP contribution in [0.3, 0.4) is 0 Å². The Morgan fingerprint density at radius 3 is 2.32 bits per heavy atom. The Morgan fingerprint density at radius 1 is 0.935 bits per heavy atom. The van der Waals surface area contributed by atoms with Crippen molar-refractivity contribution in [2.24, 2.45) is 5.73 Å². The van der Waals surface area contributed by atoms with Gasteiger partial charge in [0.15, 0.2) is 0 Å². The minimum absolute atomic E-state index is 0. The molecule has 3 aromatic rings. The Kier molecular flexibility index (Phi) is 7.25. The summed E-state index contributed by atoms with van der Waals surface area (Å²) in [5, 5.41) is 0. The quantitative estimate of drug-likeness (QED) is 0.554. The maximum atomic E-state index is 13.4. The van der Waals surface area contributed by atoms with E-state index >= 15 is 0 Å². The number of benzene rings is 2. The highest BCUT2D eigenvalue weighted by Gasteiger charge is 2.36. The molecule has 0 spiro atoms. The average Bonchev–Trinajstić information content (AvgIpc) is 3.45. The van der Waals surface area contributed by atoms with Crippen molar-refractivity contribution in [2.45, 2.75) is 39.4 Å². The largest absolute Gasteiger partial charge is 0.326 e. The molecule has 0 radical (unpaired) electrons. The van der Waals surface area contributed by atoms with E-state index in [0.717, 1.165) is 34.6 Å². The van der Waals surface area contributed by atoms with Crippen LogP contribution in [0, 0.1) is 0 Å². The Morgan fingerprint density at radius 2 is 1.65 bits per heavy atom. The summed E-state index contributed by atoms with van der Waals surface area (Å²) in [4.78, 5) is 0.701. The Hall–Kier alpha value is -1.75. The van der Waals surface area contributed by atoms with Gasteiger partial charge in [-0.1, -0.05) is 36.4 Å². The third-order valence-electron chi connectivity index (χ3n) is 5.21. The van der Waals surface area contributed by atoms with Gasteiger partial charge in [0.2, 0.25) is 19.9 Å². The van der Waals surface area contributed by atoms with Crippen molar-refractivity contribution in [3.05, 3.63) is 77.2 Å². The second-order valence-electron chi connectivity index (χ2n) is 7.09. The van der Waals surface area contributed by atoms with Gasteiger partial charge >= 0.3 is 0 Å². The van der Waals surface area contributed by atoms with Crippen LogP contribution in [0.15, 0.2) is 80.7 Å².